The molecule has 0 atom stereocenters. The number of nitrogens with one attached hydrogen (secondary N) is 1. The van der Waals surface area contributed by atoms with E-state index in [2.05, 4.69) is 26.5 Å². The fourth-order valence-corrected chi connectivity index (χ4v) is 3.69. The van der Waals surface area contributed by atoms with Crippen molar-refractivity contribution in [3.05, 3.63) is 38.2 Å². The molecule has 0 bridgehead atoms. The van der Waals surface area contributed by atoms with E-state index in [1.807, 2.05) is 13.0 Å². The monoisotopic (exact) mass is 436 g/mol. The van der Waals surface area contributed by atoms with Crippen LogP contribution >= 0.6 is 27.3 Å². The predicted octanol–water partition coefficient (Wildman–Crippen LogP) is 3.44. The summed E-state index contributed by atoms with van der Waals surface area (Å²) in [6, 6.07) is 5.53. The van der Waals surface area contributed by atoms with Crippen molar-refractivity contribution in [1.82, 2.24) is 5.43 Å². The van der Waals surface area contributed by atoms with E-state index >= 15 is 0 Å². The van der Waals surface area contributed by atoms with Gasteiger partial charge < -0.3 is 15.2 Å². The third-order valence-electron chi connectivity index (χ3n) is 3.41. The molecule has 1 heterocycles. The lowest BCUT2D eigenvalue weighted by atomic mass is 10.2. The van der Waals surface area contributed by atoms with Crippen molar-refractivity contribution < 1.29 is 14.3 Å². The molecule has 0 fully saturated rings. The highest BCUT2D eigenvalue weighted by Gasteiger charge is 2.18. The Balaban J connectivity index is 2.17. The zero-order valence-corrected chi connectivity index (χ0v) is 16.8. The standard InChI is InChI=1S/C17H17BrN4O3S/c1-4-25-14-12(18)5-10(6-13(14)24-3)8-21-22-17(23)15-9(2)11(7-19)16(20)26-15/h5-6,8H,4,20H2,1-3H3,(H,22,23)/b21-8+. The number of ether oxygens (including phenoxy) is 2. The summed E-state index contributed by atoms with van der Waals surface area (Å²) in [4.78, 5) is 12.6. The number of anilines is 1. The second-order valence-corrected chi connectivity index (χ2v) is 6.98. The number of nitrogen functional groups attached to an aromatic ring is 1. The van der Waals surface area contributed by atoms with Gasteiger partial charge in [0.1, 0.15) is 15.9 Å². The highest BCUT2D eigenvalue weighted by molar-refractivity contribution is 9.10. The first-order valence-electron chi connectivity index (χ1n) is 7.55. The average Bonchev–Trinajstić information content (AvgIpc) is 2.90. The van der Waals surface area contributed by atoms with Gasteiger partial charge in [-0.1, -0.05) is 0 Å². The number of rotatable bonds is 6. The molecule has 9 heteroatoms. The van der Waals surface area contributed by atoms with Gasteiger partial charge in [-0.3, -0.25) is 4.79 Å². The molecule has 26 heavy (non-hydrogen) atoms. The topological polar surface area (TPSA) is 110 Å². The number of nitriles is 1. The summed E-state index contributed by atoms with van der Waals surface area (Å²) in [5.74, 6) is 0.730. The van der Waals surface area contributed by atoms with Gasteiger partial charge in [0.25, 0.3) is 5.91 Å². The summed E-state index contributed by atoms with van der Waals surface area (Å²) in [5.41, 5.74) is 9.76. The molecule has 0 aliphatic rings. The van der Waals surface area contributed by atoms with Crippen LogP contribution in [0.4, 0.5) is 5.00 Å². The third kappa shape index (κ3) is 4.15. The molecule has 0 saturated carbocycles. The van der Waals surface area contributed by atoms with E-state index in [0.717, 1.165) is 11.3 Å². The van der Waals surface area contributed by atoms with Crippen LogP contribution in [-0.4, -0.2) is 25.8 Å². The Labute approximate surface area is 163 Å². The average molecular weight is 437 g/mol. The van der Waals surface area contributed by atoms with Crippen molar-refractivity contribution in [3.63, 3.8) is 0 Å². The van der Waals surface area contributed by atoms with Gasteiger partial charge in [0.05, 0.1) is 30.0 Å². The number of hydrogen-bond donors (Lipinski definition) is 2. The van der Waals surface area contributed by atoms with Gasteiger partial charge in [-0.2, -0.15) is 10.4 Å². The number of hydrogen-bond acceptors (Lipinski definition) is 7. The van der Waals surface area contributed by atoms with Crippen LogP contribution in [0.5, 0.6) is 11.5 Å². The molecule has 0 aliphatic heterocycles. The molecule has 136 valence electrons. The molecular weight excluding hydrogens is 420 g/mol. The van der Waals surface area contributed by atoms with E-state index in [9.17, 15) is 4.79 Å². The maximum Gasteiger partial charge on any atom is 0.281 e. The van der Waals surface area contributed by atoms with Crippen molar-refractivity contribution in [2.24, 2.45) is 5.10 Å². The molecule has 0 aliphatic carbocycles. The first kappa shape index (κ1) is 19.8. The Hall–Kier alpha value is -2.57. The van der Waals surface area contributed by atoms with E-state index in [4.69, 9.17) is 20.5 Å². The Morgan fingerprint density at radius 3 is 2.85 bits per heavy atom. The number of amides is 1. The number of carbonyl (C=O) groups excluding carboxylic acids is 1. The van der Waals surface area contributed by atoms with Crippen molar-refractivity contribution in [2.45, 2.75) is 13.8 Å². The van der Waals surface area contributed by atoms with Crippen molar-refractivity contribution >= 4 is 44.4 Å². The number of nitrogens with zero attached hydrogens (tertiary/aromatic N) is 2. The molecule has 1 amide bonds. The summed E-state index contributed by atoms with van der Waals surface area (Å²) < 4.78 is 11.6. The maximum absolute atomic E-state index is 12.2. The van der Waals surface area contributed by atoms with Crippen LogP contribution in [0.15, 0.2) is 21.7 Å². The second kappa shape index (κ2) is 8.69. The minimum atomic E-state index is -0.422. The Morgan fingerprint density at radius 1 is 1.54 bits per heavy atom. The molecule has 0 spiro atoms. The van der Waals surface area contributed by atoms with Crippen LogP contribution in [0.1, 0.15) is 33.3 Å². The minimum absolute atomic E-state index is 0.319. The summed E-state index contributed by atoms with van der Waals surface area (Å²) in [7, 11) is 1.55. The number of nitrogens with two attached hydrogens (primary N) is 1. The van der Waals surface area contributed by atoms with Crippen LogP contribution in [0.3, 0.4) is 0 Å². The summed E-state index contributed by atoms with van der Waals surface area (Å²) in [6.45, 7) is 4.07. The molecule has 2 rings (SSSR count). The lowest BCUT2D eigenvalue weighted by molar-refractivity contribution is 0.0958. The molecule has 1 aromatic carbocycles. The zero-order chi connectivity index (χ0) is 19.3. The highest BCUT2D eigenvalue weighted by atomic mass is 79.9. The lowest BCUT2D eigenvalue weighted by Crippen LogP contribution is -2.17. The van der Waals surface area contributed by atoms with Crippen LogP contribution in [0.2, 0.25) is 0 Å². The third-order valence-corrected chi connectivity index (χ3v) is 5.12. The molecule has 2 aromatic rings. The van der Waals surface area contributed by atoms with E-state index in [1.54, 1.807) is 26.2 Å². The molecular formula is C17H17BrN4O3S. The van der Waals surface area contributed by atoms with Crippen LogP contribution in [0.25, 0.3) is 0 Å². The maximum atomic E-state index is 12.2. The Morgan fingerprint density at radius 2 is 2.27 bits per heavy atom. The van der Waals surface area contributed by atoms with Gasteiger partial charge in [-0.15, -0.1) is 11.3 Å². The number of hydrazone groups is 1. The fourth-order valence-electron chi connectivity index (χ4n) is 2.21. The normalized spacial score (nSPS) is 10.6. The number of halogens is 1. The van der Waals surface area contributed by atoms with Gasteiger partial charge in [0.15, 0.2) is 11.5 Å². The molecule has 3 N–H and O–H groups in total. The molecule has 0 unspecified atom stereocenters. The first-order valence-corrected chi connectivity index (χ1v) is 9.16. The van der Waals surface area contributed by atoms with Crippen LogP contribution < -0.4 is 20.6 Å². The Bertz CT molecular complexity index is 902. The van der Waals surface area contributed by atoms with Gasteiger partial charge in [0.2, 0.25) is 0 Å². The van der Waals surface area contributed by atoms with Crippen molar-refractivity contribution in [1.29, 1.82) is 5.26 Å². The first-order chi connectivity index (χ1) is 12.4. The summed E-state index contributed by atoms with van der Waals surface area (Å²) in [6.07, 6.45) is 1.48. The van der Waals surface area contributed by atoms with E-state index in [1.165, 1.54) is 6.21 Å². The molecule has 0 saturated heterocycles. The van der Waals surface area contributed by atoms with Gasteiger partial charge >= 0.3 is 0 Å². The van der Waals surface area contributed by atoms with E-state index in [-0.39, 0.29) is 0 Å². The fraction of sp³-hybridized carbons (Fsp3) is 0.235. The molecule has 0 radical (unpaired) electrons. The Kier molecular flexibility index (Phi) is 6.60. The van der Waals surface area contributed by atoms with Crippen LogP contribution in [0, 0.1) is 18.3 Å². The zero-order valence-electron chi connectivity index (χ0n) is 14.4. The lowest BCUT2D eigenvalue weighted by Gasteiger charge is -2.11. The number of methoxy groups -OCH3 is 1. The van der Waals surface area contributed by atoms with Gasteiger partial charge in [-0.25, -0.2) is 5.43 Å². The SMILES string of the molecule is CCOc1c(Br)cc(/C=N/NC(=O)c2sc(N)c(C#N)c2C)cc1OC. The number of benzene rings is 1. The second-order valence-electron chi connectivity index (χ2n) is 5.07. The van der Waals surface area contributed by atoms with E-state index in [0.29, 0.717) is 49.1 Å². The minimum Gasteiger partial charge on any atom is -0.493 e. The quantitative estimate of drug-likeness (QED) is 0.532. The molecule has 1 aromatic heterocycles. The summed E-state index contributed by atoms with van der Waals surface area (Å²) >= 11 is 4.49. The van der Waals surface area contributed by atoms with E-state index < -0.39 is 5.91 Å². The smallest absolute Gasteiger partial charge is 0.281 e. The largest absolute Gasteiger partial charge is 0.493 e. The van der Waals surface area contributed by atoms with Crippen molar-refractivity contribution in [3.8, 4) is 17.6 Å². The predicted molar refractivity (Wildman–Crippen MR) is 105 cm³/mol. The summed E-state index contributed by atoms with van der Waals surface area (Å²) in [5, 5.41) is 13.3. The number of carbonyl (C=O) groups is 1. The van der Waals surface area contributed by atoms with Crippen LogP contribution in [-0.2, 0) is 0 Å². The van der Waals surface area contributed by atoms with Crippen molar-refractivity contribution in [2.75, 3.05) is 19.5 Å². The number of thiophene rings is 1. The highest BCUT2D eigenvalue weighted by Crippen LogP contribution is 2.36. The van der Waals surface area contributed by atoms with Gasteiger partial charge in [0, 0.05) is 0 Å². The van der Waals surface area contributed by atoms with Gasteiger partial charge in [-0.05, 0) is 53.0 Å². The molecule has 7 nitrogen and oxygen atoms in total.